The highest BCUT2D eigenvalue weighted by Gasteiger charge is 2.16. The summed E-state index contributed by atoms with van der Waals surface area (Å²) in [5.41, 5.74) is 4.62. The normalized spacial score (nSPS) is 11.7. The third-order valence-electron chi connectivity index (χ3n) is 3.89. The summed E-state index contributed by atoms with van der Waals surface area (Å²) in [5, 5.41) is 10.4. The van der Waals surface area contributed by atoms with Crippen LogP contribution in [0.2, 0.25) is 5.02 Å². The van der Waals surface area contributed by atoms with Crippen molar-refractivity contribution in [1.82, 2.24) is 9.78 Å². The van der Waals surface area contributed by atoms with Crippen LogP contribution in [0.25, 0.3) is 16.9 Å². The Kier molecular flexibility index (Phi) is 4.21. The molecule has 0 saturated carbocycles. The third-order valence-corrected chi connectivity index (χ3v) is 5.07. The average Bonchev–Trinajstić information content (AvgIpc) is 2.83. The lowest BCUT2D eigenvalue weighted by atomic mass is 10.1. The van der Waals surface area contributed by atoms with Crippen molar-refractivity contribution in [3.8, 4) is 16.9 Å². The van der Waals surface area contributed by atoms with Gasteiger partial charge in [0.25, 0.3) is 0 Å². The molecule has 2 aromatic carbocycles. The number of aromatic nitrogens is 2. The number of sulfonamides is 1. The summed E-state index contributed by atoms with van der Waals surface area (Å²) in [6.07, 6.45) is 0. The molecule has 0 radical (unpaired) electrons. The zero-order valence-corrected chi connectivity index (χ0v) is 14.8. The Morgan fingerprint density at radius 3 is 2.12 bits per heavy atom. The molecule has 24 heavy (non-hydrogen) atoms. The van der Waals surface area contributed by atoms with Gasteiger partial charge < -0.3 is 0 Å². The maximum absolute atomic E-state index is 11.4. The van der Waals surface area contributed by atoms with Crippen molar-refractivity contribution in [3.05, 3.63) is 64.8 Å². The van der Waals surface area contributed by atoms with E-state index >= 15 is 0 Å². The summed E-state index contributed by atoms with van der Waals surface area (Å²) in [6, 6.07) is 13.8. The molecule has 0 aliphatic heterocycles. The quantitative estimate of drug-likeness (QED) is 0.776. The molecule has 5 nitrogen and oxygen atoms in total. The van der Waals surface area contributed by atoms with Crippen molar-refractivity contribution in [2.45, 2.75) is 18.7 Å². The Morgan fingerprint density at radius 2 is 1.58 bits per heavy atom. The largest absolute Gasteiger partial charge is 0.238 e. The summed E-state index contributed by atoms with van der Waals surface area (Å²) in [7, 11) is -3.72. The van der Waals surface area contributed by atoms with Gasteiger partial charge in [-0.2, -0.15) is 5.10 Å². The second-order valence-corrected chi connectivity index (χ2v) is 7.51. The fraction of sp³-hybridized carbons (Fsp3) is 0.118. The van der Waals surface area contributed by atoms with Crippen molar-refractivity contribution in [3.63, 3.8) is 0 Å². The van der Waals surface area contributed by atoms with Crippen LogP contribution in [0, 0.1) is 13.8 Å². The molecular formula is C17H16ClN3O2S. The monoisotopic (exact) mass is 361 g/mol. The Hall–Kier alpha value is -2.15. The van der Waals surface area contributed by atoms with Gasteiger partial charge in [-0.05, 0) is 55.8 Å². The highest BCUT2D eigenvalue weighted by molar-refractivity contribution is 7.89. The Balaban J connectivity index is 2.15. The van der Waals surface area contributed by atoms with Crippen molar-refractivity contribution in [2.75, 3.05) is 0 Å². The van der Waals surface area contributed by atoms with Crippen LogP contribution in [-0.2, 0) is 10.0 Å². The first-order valence-electron chi connectivity index (χ1n) is 7.23. The van der Waals surface area contributed by atoms with Crippen LogP contribution in [0.5, 0.6) is 0 Å². The minimum Gasteiger partial charge on any atom is -0.233 e. The van der Waals surface area contributed by atoms with Crippen LogP contribution >= 0.6 is 11.6 Å². The molecule has 0 unspecified atom stereocenters. The second kappa shape index (κ2) is 6.05. The molecule has 3 aromatic rings. The second-order valence-electron chi connectivity index (χ2n) is 5.52. The van der Waals surface area contributed by atoms with Crippen LogP contribution < -0.4 is 5.14 Å². The molecule has 0 aliphatic carbocycles. The number of primary sulfonamides is 1. The van der Waals surface area contributed by atoms with E-state index in [-0.39, 0.29) is 4.90 Å². The lowest BCUT2D eigenvalue weighted by Crippen LogP contribution is -2.12. The van der Waals surface area contributed by atoms with E-state index in [1.54, 1.807) is 16.8 Å². The van der Waals surface area contributed by atoms with Gasteiger partial charge in [-0.3, -0.25) is 0 Å². The Morgan fingerprint density at radius 1 is 1.00 bits per heavy atom. The number of halogens is 1. The van der Waals surface area contributed by atoms with Crippen molar-refractivity contribution < 1.29 is 8.42 Å². The van der Waals surface area contributed by atoms with E-state index in [9.17, 15) is 8.42 Å². The molecule has 1 heterocycles. The maximum atomic E-state index is 11.4. The fourth-order valence-electron chi connectivity index (χ4n) is 2.52. The first kappa shape index (κ1) is 16.7. The number of rotatable bonds is 3. The van der Waals surface area contributed by atoms with Gasteiger partial charge in [0, 0.05) is 10.6 Å². The van der Waals surface area contributed by atoms with Gasteiger partial charge >= 0.3 is 0 Å². The van der Waals surface area contributed by atoms with E-state index in [0.717, 1.165) is 28.2 Å². The summed E-state index contributed by atoms with van der Waals surface area (Å²) in [5.74, 6) is 0. The molecule has 124 valence electrons. The predicted octanol–water partition coefficient (Wildman–Crippen LogP) is 3.46. The lowest BCUT2D eigenvalue weighted by molar-refractivity contribution is 0.598. The number of hydrogen-bond donors (Lipinski definition) is 1. The minimum atomic E-state index is -3.72. The van der Waals surface area contributed by atoms with Crippen LogP contribution in [0.4, 0.5) is 0 Å². The zero-order chi connectivity index (χ0) is 17.5. The molecule has 0 bridgehead atoms. The Labute approximate surface area is 145 Å². The molecule has 0 spiro atoms. The molecule has 0 atom stereocenters. The maximum Gasteiger partial charge on any atom is 0.238 e. The number of nitrogens with two attached hydrogens (primary N) is 1. The highest BCUT2D eigenvalue weighted by atomic mass is 35.5. The average molecular weight is 362 g/mol. The summed E-state index contributed by atoms with van der Waals surface area (Å²) in [4.78, 5) is 0.0693. The number of aryl methyl sites for hydroxylation is 1. The molecule has 0 amide bonds. The molecule has 1 aromatic heterocycles. The van der Waals surface area contributed by atoms with E-state index < -0.39 is 10.0 Å². The first-order valence-corrected chi connectivity index (χ1v) is 9.15. The van der Waals surface area contributed by atoms with Gasteiger partial charge in [0.05, 0.1) is 22.0 Å². The molecule has 0 aliphatic rings. The molecule has 0 saturated heterocycles. The van der Waals surface area contributed by atoms with E-state index in [1.807, 2.05) is 38.1 Å². The van der Waals surface area contributed by atoms with Crippen molar-refractivity contribution >= 4 is 21.6 Å². The van der Waals surface area contributed by atoms with E-state index in [4.69, 9.17) is 16.7 Å². The lowest BCUT2D eigenvalue weighted by Gasteiger charge is -2.09. The predicted molar refractivity (Wildman–Crippen MR) is 94.9 cm³/mol. The minimum absolute atomic E-state index is 0.0693. The van der Waals surface area contributed by atoms with Gasteiger partial charge in [0.1, 0.15) is 0 Å². The van der Waals surface area contributed by atoms with Gasteiger partial charge in [0.2, 0.25) is 10.0 Å². The van der Waals surface area contributed by atoms with Crippen LogP contribution in [0.15, 0.2) is 53.4 Å². The SMILES string of the molecule is Cc1nn(-c2ccc(S(N)(=O)=O)cc2)c(-c2ccc(Cl)cc2)c1C. The summed E-state index contributed by atoms with van der Waals surface area (Å²) < 4.78 is 24.6. The molecule has 0 fully saturated rings. The topological polar surface area (TPSA) is 78.0 Å². The van der Waals surface area contributed by atoms with Crippen LogP contribution in [0.1, 0.15) is 11.3 Å². The van der Waals surface area contributed by atoms with Crippen LogP contribution in [0.3, 0.4) is 0 Å². The van der Waals surface area contributed by atoms with Crippen LogP contribution in [-0.4, -0.2) is 18.2 Å². The van der Waals surface area contributed by atoms with E-state index in [2.05, 4.69) is 5.10 Å². The first-order chi connectivity index (χ1) is 11.3. The molecule has 3 rings (SSSR count). The van der Waals surface area contributed by atoms with E-state index in [0.29, 0.717) is 5.02 Å². The van der Waals surface area contributed by atoms with Gasteiger partial charge in [0.15, 0.2) is 0 Å². The van der Waals surface area contributed by atoms with Gasteiger partial charge in [-0.15, -0.1) is 0 Å². The fourth-order valence-corrected chi connectivity index (χ4v) is 3.16. The number of benzene rings is 2. The van der Waals surface area contributed by atoms with Gasteiger partial charge in [-0.25, -0.2) is 18.2 Å². The molecule has 7 heteroatoms. The number of hydrogen-bond acceptors (Lipinski definition) is 3. The smallest absolute Gasteiger partial charge is 0.233 e. The Bertz CT molecular complexity index is 992. The third kappa shape index (κ3) is 3.08. The molecular weight excluding hydrogens is 346 g/mol. The van der Waals surface area contributed by atoms with Crippen molar-refractivity contribution in [1.29, 1.82) is 0 Å². The highest BCUT2D eigenvalue weighted by Crippen LogP contribution is 2.29. The summed E-state index contributed by atoms with van der Waals surface area (Å²) in [6.45, 7) is 3.94. The number of nitrogens with zero attached hydrogens (tertiary/aromatic N) is 2. The summed E-state index contributed by atoms with van der Waals surface area (Å²) >= 11 is 5.97. The van der Waals surface area contributed by atoms with E-state index in [1.165, 1.54) is 12.1 Å². The standard InChI is InChI=1S/C17H16ClN3O2S/c1-11-12(2)20-21(17(11)13-3-5-14(18)6-4-13)15-7-9-16(10-8-15)24(19,22)23/h3-10H,1-2H3,(H2,19,22,23). The van der Waals surface area contributed by atoms with Crippen molar-refractivity contribution in [2.24, 2.45) is 5.14 Å². The molecule has 2 N–H and O–H groups in total. The zero-order valence-electron chi connectivity index (χ0n) is 13.2. The van der Waals surface area contributed by atoms with Gasteiger partial charge in [-0.1, -0.05) is 23.7 Å².